The van der Waals surface area contributed by atoms with Crippen LogP contribution in [0, 0.1) is 12.0 Å². The zero-order valence-electron chi connectivity index (χ0n) is 8.55. The monoisotopic (exact) mass is 175 g/mol. The summed E-state index contributed by atoms with van der Waals surface area (Å²) in [7, 11) is 0. The Balaban J connectivity index is 2.23. The quantitative estimate of drug-likeness (QED) is 0.422. The SMILES string of the molecule is C=CCC1=CC(CCCCC)[C]=C1. The highest BCUT2D eigenvalue weighted by Crippen LogP contribution is 2.22. The van der Waals surface area contributed by atoms with Crippen molar-refractivity contribution >= 4 is 0 Å². The third-order valence-corrected chi connectivity index (χ3v) is 2.40. The molecule has 13 heavy (non-hydrogen) atoms. The van der Waals surface area contributed by atoms with Crippen LogP contribution in [0.3, 0.4) is 0 Å². The molecule has 0 bridgehead atoms. The van der Waals surface area contributed by atoms with E-state index in [9.17, 15) is 0 Å². The third kappa shape index (κ3) is 3.63. The first-order chi connectivity index (χ1) is 6.36. The molecule has 1 radical (unpaired) electrons. The molecule has 0 saturated carbocycles. The summed E-state index contributed by atoms with van der Waals surface area (Å²) in [4.78, 5) is 0. The first-order valence-electron chi connectivity index (χ1n) is 5.27. The van der Waals surface area contributed by atoms with Crippen molar-refractivity contribution in [3.05, 3.63) is 36.5 Å². The number of hydrogen-bond donors (Lipinski definition) is 0. The Bertz CT molecular complexity index is 208. The molecular weight excluding hydrogens is 156 g/mol. The second-order valence-electron chi connectivity index (χ2n) is 3.65. The first kappa shape index (κ1) is 10.3. The molecule has 0 fully saturated rings. The molecule has 0 nitrogen and oxygen atoms in total. The van der Waals surface area contributed by atoms with E-state index in [1.807, 2.05) is 6.08 Å². The molecule has 71 valence electrons. The molecule has 0 heteroatoms. The summed E-state index contributed by atoms with van der Waals surface area (Å²) in [6.45, 7) is 5.98. The minimum absolute atomic E-state index is 0.585. The van der Waals surface area contributed by atoms with Gasteiger partial charge in [0.05, 0.1) is 0 Å². The van der Waals surface area contributed by atoms with Gasteiger partial charge in [0.2, 0.25) is 0 Å². The van der Waals surface area contributed by atoms with Gasteiger partial charge >= 0.3 is 0 Å². The summed E-state index contributed by atoms with van der Waals surface area (Å²) in [5, 5.41) is 0. The molecular formula is C13H19. The maximum Gasteiger partial charge on any atom is 0.00269 e. The van der Waals surface area contributed by atoms with E-state index >= 15 is 0 Å². The van der Waals surface area contributed by atoms with Crippen molar-refractivity contribution in [3.63, 3.8) is 0 Å². The molecule has 0 heterocycles. The molecule has 0 aromatic carbocycles. The molecule has 0 N–H and O–H groups in total. The van der Waals surface area contributed by atoms with Crippen molar-refractivity contribution in [2.45, 2.75) is 39.0 Å². The smallest absolute Gasteiger partial charge is 0.00269 e. The minimum Gasteiger partial charge on any atom is -0.103 e. The fourth-order valence-corrected chi connectivity index (χ4v) is 1.64. The zero-order valence-corrected chi connectivity index (χ0v) is 8.55. The van der Waals surface area contributed by atoms with E-state index in [-0.39, 0.29) is 0 Å². The average molecular weight is 175 g/mol. The van der Waals surface area contributed by atoms with Crippen LogP contribution in [0.1, 0.15) is 39.0 Å². The van der Waals surface area contributed by atoms with Gasteiger partial charge in [-0.15, -0.1) is 6.58 Å². The second-order valence-corrected chi connectivity index (χ2v) is 3.65. The molecule has 0 aromatic heterocycles. The van der Waals surface area contributed by atoms with Gasteiger partial charge in [-0.25, -0.2) is 0 Å². The summed E-state index contributed by atoms with van der Waals surface area (Å²) < 4.78 is 0. The van der Waals surface area contributed by atoms with Gasteiger partial charge in [-0.1, -0.05) is 44.4 Å². The van der Waals surface area contributed by atoms with Gasteiger partial charge in [-0.05, 0) is 24.5 Å². The Kier molecular flexibility index (Phi) is 4.59. The maximum absolute atomic E-state index is 3.74. The highest BCUT2D eigenvalue weighted by atomic mass is 14.1. The van der Waals surface area contributed by atoms with Gasteiger partial charge in [0.15, 0.2) is 0 Å². The highest BCUT2D eigenvalue weighted by molar-refractivity contribution is 5.27. The normalized spacial score (nSPS) is 20.4. The largest absolute Gasteiger partial charge is 0.103 e. The van der Waals surface area contributed by atoms with Gasteiger partial charge in [-0.2, -0.15) is 0 Å². The lowest BCUT2D eigenvalue weighted by atomic mass is 10.0. The molecule has 1 atom stereocenters. The Hall–Kier alpha value is -0.780. The van der Waals surface area contributed by atoms with Crippen molar-refractivity contribution in [1.29, 1.82) is 0 Å². The minimum atomic E-state index is 0.585. The van der Waals surface area contributed by atoms with Crippen LogP contribution in [0.15, 0.2) is 30.4 Å². The predicted molar refractivity (Wildman–Crippen MR) is 58.3 cm³/mol. The Morgan fingerprint density at radius 2 is 2.38 bits per heavy atom. The molecule has 0 spiro atoms. The van der Waals surface area contributed by atoms with Crippen LogP contribution in [-0.2, 0) is 0 Å². The van der Waals surface area contributed by atoms with E-state index in [2.05, 4.69) is 31.7 Å². The van der Waals surface area contributed by atoms with E-state index in [4.69, 9.17) is 0 Å². The van der Waals surface area contributed by atoms with Crippen LogP contribution in [0.2, 0.25) is 0 Å². The standard InChI is InChI=1S/C13H19/c1-3-5-6-8-13-10-9-12(11-13)7-4-2/h4,9,11,13H,2-3,5-8H2,1H3. The van der Waals surface area contributed by atoms with Crippen LogP contribution in [0.5, 0.6) is 0 Å². The van der Waals surface area contributed by atoms with Crippen LogP contribution in [-0.4, -0.2) is 0 Å². The Labute approximate surface area is 82.0 Å². The van der Waals surface area contributed by atoms with Gasteiger partial charge in [0.1, 0.15) is 0 Å². The number of allylic oxidation sites excluding steroid dienone is 5. The molecule has 1 aliphatic carbocycles. The van der Waals surface area contributed by atoms with Crippen LogP contribution in [0.25, 0.3) is 0 Å². The van der Waals surface area contributed by atoms with E-state index in [0.717, 1.165) is 6.42 Å². The van der Waals surface area contributed by atoms with Crippen molar-refractivity contribution in [1.82, 2.24) is 0 Å². The van der Waals surface area contributed by atoms with Crippen molar-refractivity contribution in [3.8, 4) is 0 Å². The third-order valence-electron chi connectivity index (χ3n) is 2.40. The second kappa shape index (κ2) is 5.80. The summed E-state index contributed by atoms with van der Waals surface area (Å²) in [6.07, 6.45) is 16.1. The fourth-order valence-electron chi connectivity index (χ4n) is 1.64. The maximum atomic E-state index is 3.74. The fraction of sp³-hybridized carbons (Fsp3) is 0.538. The van der Waals surface area contributed by atoms with E-state index in [0.29, 0.717) is 5.92 Å². The molecule has 0 aromatic rings. The van der Waals surface area contributed by atoms with E-state index in [1.54, 1.807) is 0 Å². The van der Waals surface area contributed by atoms with E-state index < -0.39 is 0 Å². The number of rotatable bonds is 6. The summed E-state index contributed by atoms with van der Waals surface area (Å²) >= 11 is 0. The molecule has 1 rings (SSSR count). The molecule has 0 amide bonds. The Morgan fingerprint density at radius 3 is 3.08 bits per heavy atom. The van der Waals surface area contributed by atoms with Crippen LogP contribution < -0.4 is 0 Å². The number of unbranched alkanes of at least 4 members (excludes halogenated alkanes) is 2. The van der Waals surface area contributed by atoms with Gasteiger partial charge in [0.25, 0.3) is 0 Å². The van der Waals surface area contributed by atoms with Crippen molar-refractivity contribution in [2.75, 3.05) is 0 Å². The molecule has 0 saturated heterocycles. The van der Waals surface area contributed by atoms with Crippen molar-refractivity contribution in [2.24, 2.45) is 5.92 Å². The predicted octanol–water partition coefficient (Wildman–Crippen LogP) is 4.06. The lowest BCUT2D eigenvalue weighted by molar-refractivity contribution is 0.606. The summed E-state index contributed by atoms with van der Waals surface area (Å²) in [5.41, 5.74) is 1.39. The summed E-state index contributed by atoms with van der Waals surface area (Å²) in [5.74, 6) is 0.585. The van der Waals surface area contributed by atoms with Crippen LogP contribution >= 0.6 is 0 Å². The Morgan fingerprint density at radius 1 is 1.54 bits per heavy atom. The van der Waals surface area contributed by atoms with Crippen molar-refractivity contribution < 1.29 is 0 Å². The lowest BCUT2D eigenvalue weighted by Crippen LogP contribution is -1.89. The summed E-state index contributed by atoms with van der Waals surface area (Å²) in [6, 6.07) is 0. The average Bonchev–Trinajstić information content (AvgIpc) is 2.54. The lowest BCUT2D eigenvalue weighted by Gasteiger charge is -2.02. The zero-order chi connectivity index (χ0) is 9.52. The van der Waals surface area contributed by atoms with Gasteiger partial charge < -0.3 is 0 Å². The molecule has 1 unspecified atom stereocenters. The topological polar surface area (TPSA) is 0 Å². The molecule has 1 aliphatic rings. The highest BCUT2D eigenvalue weighted by Gasteiger charge is 2.08. The first-order valence-corrected chi connectivity index (χ1v) is 5.27. The van der Waals surface area contributed by atoms with Gasteiger partial charge in [0, 0.05) is 5.92 Å². The number of hydrogen-bond acceptors (Lipinski definition) is 0. The molecule has 0 aliphatic heterocycles. The van der Waals surface area contributed by atoms with Crippen LogP contribution in [0.4, 0.5) is 0 Å². The van der Waals surface area contributed by atoms with Gasteiger partial charge in [-0.3, -0.25) is 0 Å². The van der Waals surface area contributed by atoms with E-state index in [1.165, 1.54) is 31.3 Å².